The first-order valence-corrected chi connectivity index (χ1v) is 7.44. The number of benzene rings is 1. The molecule has 0 radical (unpaired) electrons. The predicted molar refractivity (Wildman–Crippen MR) is 67.7 cm³/mol. The Morgan fingerprint density at radius 1 is 1.35 bits per heavy atom. The Morgan fingerprint density at radius 2 is 2.05 bits per heavy atom. The predicted octanol–water partition coefficient (Wildman–Crippen LogP) is 2.80. The molecule has 3 nitrogen and oxygen atoms in total. The average molecular weight is 308 g/mol. The Bertz CT molecular complexity index is 633. The van der Waals surface area contributed by atoms with Crippen molar-refractivity contribution in [3.63, 3.8) is 0 Å². The minimum Gasteiger partial charge on any atom is -0.233 e. The largest absolute Gasteiger partial charge is 0.415 e. The van der Waals surface area contributed by atoms with Gasteiger partial charge in [0.2, 0.25) is 0 Å². The molecular weight excluding hydrogens is 296 g/mol. The van der Waals surface area contributed by atoms with Gasteiger partial charge < -0.3 is 0 Å². The van der Waals surface area contributed by atoms with E-state index in [-0.39, 0.29) is 12.1 Å². The van der Waals surface area contributed by atoms with Crippen molar-refractivity contribution in [1.29, 1.82) is 0 Å². The number of alkyl halides is 3. The maximum Gasteiger partial charge on any atom is 0.415 e. The zero-order valence-corrected chi connectivity index (χ0v) is 11.0. The molecule has 2 rings (SSSR count). The van der Waals surface area contributed by atoms with Crippen LogP contribution in [0, 0.1) is 5.82 Å². The van der Waals surface area contributed by atoms with E-state index < -0.39 is 33.7 Å². The molecule has 1 N–H and O–H groups in total. The second-order valence-corrected chi connectivity index (χ2v) is 6.31. The SMILES string of the molecule is O=S1(Cc2ccccc2F)=NC(C(F)(F)F)C=CCN1. The second kappa shape index (κ2) is 5.53. The molecule has 0 spiro atoms. The minimum atomic E-state index is -4.61. The molecule has 8 heteroatoms. The molecule has 1 aromatic carbocycles. The van der Waals surface area contributed by atoms with Gasteiger partial charge in [0.15, 0.2) is 6.04 Å². The van der Waals surface area contributed by atoms with Crippen molar-refractivity contribution in [2.75, 3.05) is 6.54 Å². The highest BCUT2D eigenvalue weighted by Gasteiger charge is 2.39. The van der Waals surface area contributed by atoms with Crippen LogP contribution in [-0.2, 0) is 15.7 Å². The summed E-state index contributed by atoms with van der Waals surface area (Å²) in [5.74, 6) is -1.03. The number of halogens is 4. The lowest BCUT2D eigenvalue weighted by molar-refractivity contribution is -0.135. The quantitative estimate of drug-likeness (QED) is 0.662. The lowest BCUT2D eigenvalue weighted by Gasteiger charge is -2.15. The molecule has 0 fully saturated rings. The third-order valence-corrected chi connectivity index (χ3v) is 4.56. The van der Waals surface area contributed by atoms with Crippen molar-refractivity contribution < 1.29 is 21.8 Å². The van der Waals surface area contributed by atoms with Crippen molar-refractivity contribution in [3.8, 4) is 0 Å². The minimum absolute atomic E-state index is 0.0105. The summed E-state index contributed by atoms with van der Waals surface area (Å²) in [6.07, 6.45) is -2.54. The summed E-state index contributed by atoms with van der Waals surface area (Å²) < 4.78 is 69.9. The van der Waals surface area contributed by atoms with Crippen LogP contribution >= 0.6 is 0 Å². The summed E-state index contributed by atoms with van der Waals surface area (Å²) in [5.41, 5.74) is 0.0663. The van der Waals surface area contributed by atoms with Gasteiger partial charge in [0.25, 0.3) is 0 Å². The van der Waals surface area contributed by atoms with Crippen molar-refractivity contribution in [2.45, 2.75) is 18.0 Å². The maximum atomic E-state index is 13.5. The topological polar surface area (TPSA) is 41.5 Å². The Balaban J connectivity index is 2.36. The first kappa shape index (κ1) is 15.0. The number of nitrogens with one attached hydrogen (secondary N) is 1. The van der Waals surface area contributed by atoms with Gasteiger partial charge in [-0.15, -0.1) is 0 Å². The maximum absolute atomic E-state index is 13.5. The van der Waals surface area contributed by atoms with Gasteiger partial charge in [0, 0.05) is 12.1 Å². The molecule has 0 amide bonds. The first-order chi connectivity index (χ1) is 9.30. The van der Waals surface area contributed by atoms with E-state index in [0.29, 0.717) is 0 Å². The highest BCUT2D eigenvalue weighted by Crippen LogP contribution is 2.26. The molecule has 0 saturated carbocycles. The summed E-state index contributed by atoms with van der Waals surface area (Å²) in [4.78, 5) is 0. The van der Waals surface area contributed by atoms with E-state index in [1.54, 1.807) is 0 Å². The number of hydrogen-bond acceptors (Lipinski definition) is 2. The molecule has 20 heavy (non-hydrogen) atoms. The van der Waals surface area contributed by atoms with E-state index in [2.05, 4.69) is 9.08 Å². The Labute approximate surface area is 114 Å². The highest BCUT2D eigenvalue weighted by atomic mass is 32.2. The van der Waals surface area contributed by atoms with Crippen LogP contribution in [0.4, 0.5) is 17.6 Å². The molecule has 2 unspecified atom stereocenters. The molecule has 1 aliphatic heterocycles. The lowest BCUT2D eigenvalue weighted by atomic mass is 10.2. The van der Waals surface area contributed by atoms with Crippen LogP contribution in [0.3, 0.4) is 0 Å². The molecule has 0 bridgehead atoms. The summed E-state index contributed by atoms with van der Waals surface area (Å²) in [7, 11) is -3.38. The molecule has 0 saturated heterocycles. The molecular formula is C12H12F4N2OS. The monoisotopic (exact) mass is 308 g/mol. The highest BCUT2D eigenvalue weighted by molar-refractivity contribution is 7.91. The molecule has 2 atom stereocenters. The van der Waals surface area contributed by atoms with Gasteiger partial charge in [-0.1, -0.05) is 30.4 Å². The Kier molecular flexibility index (Phi) is 4.14. The van der Waals surface area contributed by atoms with E-state index in [4.69, 9.17) is 0 Å². The summed E-state index contributed by atoms with van der Waals surface area (Å²) >= 11 is 0. The summed E-state index contributed by atoms with van der Waals surface area (Å²) in [6.45, 7) is -0.0105. The van der Waals surface area contributed by atoms with Crippen LogP contribution in [0.5, 0.6) is 0 Å². The normalized spacial score (nSPS) is 26.9. The van der Waals surface area contributed by atoms with E-state index in [9.17, 15) is 21.8 Å². The zero-order chi connectivity index (χ0) is 14.8. The Morgan fingerprint density at radius 3 is 2.70 bits per heavy atom. The van der Waals surface area contributed by atoms with E-state index >= 15 is 0 Å². The third-order valence-electron chi connectivity index (χ3n) is 2.67. The fourth-order valence-corrected chi connectivity index (χ4v) is 3.53. The standard InChI is InChI=1S/C12H12F4N2OS/c13-10-5-2-1-4-9(10)8-20(19)17-7-3-6-11(18-20)12(14,15)16/h1-6,11H,7-8H2,(H,17,18,19). The summed E-state index contributed by atoms with van der Waals surface area (Å²) in [6, 6.07) is 3.37. The van der Waals surface area contributed by atoms with Gasteiger partial charge in [-0.05, 0) is 6.07 Å². The molecule has 1 aliphatic rings. The third kappa shape index (κ3) is 3.57. The van der Waals surface area contributed by atoms with Crippen LogP contribution < -0.4 is 4.72 Å². The Hall–Kier alpha value is -1.41. The molecule has 1 heterocycles. The van der Waals surface area contributed by atoms with E-state index in [1.807, 2.05) is 0 Å². The zero-order valence-electron chi connectivity index (χ0n) is 10.2. The van der Waals surface area contributed by atoms with Crippen molar-refractivity contribution in [2.24, 2.45) is 4.36 Å². The summed E-state index contributed by atoms with van der Waals surface area (Å²) in [5, 5.41) is 0. The van der Waals surface area contributed by atoms with Crippen LogP contribution in [0.2, 0.25) is 0 Å². The number of hydrogen-bond donors (Lipinski definition) is 1. The fraction of sp³-hybridized carbons (Fsp3) is 0.333. The van der Waals surface area contributed by atoms with Gasteiger partial charge >= 0.3 is 6.18 Å². The lowest BCUT2D eigenvalue weighted by Crippen LogP contribution is -2.29. The average Bonchev–Trinajstić information content (AvgIpc) is 2.54. The van der Waals surface area contributed by atoms with Gasteiger partial charge in [-0.2, -0.15) is 13.2 Å². The molecule has 110 valence electrons. The molecule has 1 aromatic rings. The second-order valence-electron chi connectivity index (χ2n) is 4.24. The number of nitrogens with zero attached hydrogens (tertiary/aromatic N) is 1. The van der Waals surface area contributed by atoms with Crippen molar-refractivity contribution in [1.82, 2.24) is 4.72 Å². The van der Waals surface area contributed by atoms with Crippen molar-refractivity contribution in [3.05, 3.63) is 47.8 Å². The number of rotatable bonds is 2. The van der Waals surface area contributed by atoms with Crippen LogP contribution in [-0.4, -0.2) is 23.0 Å². The van der Waals surface area contributed by atoms with Gasteiger partial charge in [-0.3, -0.25) is 0 Å². The molecule has 0 aromatic heterocycles. The van der Waals surface area contributed by atoms with Crippen LogP contribution in [0.15, 0.2) is 40.8 Å². The van der Waals surface area contributed by atoms with E-state index in [1.165, 1.54) is 24.3 Å². The van der Waals surface area contributed by atoms with E-state index in [0.717, 1.165) is 12.1 Å². The van der Waals surface area contributed by atoms with Crippen LogP contribution in [0.1, 0.15) is 5.56 Å². The fourth-order valence-electron chi connectivity index (χ4n) is 1.71. The van der Waals surface area contributed by atoms with Gasteiger partial charge in [0.05, 0.1) is 5.75 Å². The van der Waals surface area contributed by atoms with Crippen LogP contribution in [0.25, 0.3) is 0 Å². The smallest absolute Gasteiger partial charge is 0.233 e. The van der Waals surface area contributed by atoms with Crippen molar-refractivity contribution >= 4 is 9.92 Å². The first-order valence-electron chi connectivity index (χ1n) is 5.75. The molecule has 0 aliphatic carbocycles. The van der Waals surface area contributed by atoms with Gasteiger partial charge in [0.1, 0.15) is 15.7 Å². The van der Waals surface area contributed by atoms with Gasteiger partial charge in [-0.25, -0.2) is 17.7 Å².